The Morgan fingerprint density at radius 3 is 3.07 bits per heavy atom. The molecule has 0 atom stereocenters. The third-order valence-electron chi connectivity index (χ3n) is 2.34. The predicted molar refractivity (Wildman–Crippen MR) is 53.9 cm³/mol. The van der Waals surface area contributed by atoms with Gasteiger partial charge in [-0.3, -0.25) is 0 Å². The van der Waals surface area contributed by atoms with E-state index < -0.39 is 0 Å². The maximum Gasteiger partial charge on any atom is 0.124 e. The van der Waals surface area contributed by atoms with Gasteiger partial charge in [0.25, 0.3) is 0 Å². The van der Waals surface area contributed by atoms with Crippen molar-refractivity contribution in [2.75, 3.05) is 13.1 Å². The Morgan fingerprint density at radius 1 is 1.43 bits per heavy atom. The highest BCUT2D eigenvalue weighted by atomic mass is 16.5. The Kier molecular flexibility index (Phi) is 3.54. The molecule has 1 aromatic rings. The zero-order valence-corrected chi connectivity index (χ0v) is 8.33. The van der Waals surface area contributed by atoms with Crippen molar-refractivity contribution in [2.45, 2.75) is 31.8 Å². The van der Waals surface area contributed by atoms with Crippen molar-refractivity contribution in [3.05, 3.63) is 18.0 Å². The minimum Gasteiger partial charge on any atom is -0.364 e. The van der Waals surface area contributed by atoms with Crippen molar-refractivity contribution < 1.29 is 4.52 Å². The van der Waals surface area contributed by atoms with E-state index in [0.29, 0.717) is 0 Å². The van der Waals surface area contributed by atoms with Gasteiger partial charge in [0, 0.05) is 18.7 Å². The normalized spacial score (nSPS) is 16.0. The first kappa shape index (κ1) is 9.68. The van der Waals surface area contributed by atoms with E-state index in [2.05, 4.69) is 15.8 Å². The van der Waals surface area contributed by atoms with Crippen molar-refractivity contribution >= 4 is 0 Å². The number of hydrogen-bond acceptors (Lipinski definition) is 4. The lowest BCUT2D eigenvalue weighted by atomic mass is 10.4. The van der Waals surface area contributed by atoms with Crippen LogP contribution in [0.25, 0.3) is 0 Å². The lowest BCUT2D eigenvalue weighted by Gasteiger charge is -2.03. The fourth-order valence-electron chi connectivity index (χ4n) is 1.35. The molecule has 0 aromatic carbocycles. The van der Waals surface area contributed by atoms with Crippen molar-refractivity contribution in [1.82, 2.24) is 15.8 Å². The van der Waals surface area contributed by atoms with Gasteiger partial charge < -0.3 is 15.2 Å². The summed E-state index contributed by atoms with van der Waals surface area (Å²) in [5.41, 5.74) is 0.972. The summed E-state index contributed by atoms with van der Waals surface area (Å²) in [7, 11) is 0. The minimum atomic E-state index is 0.805. The van der Waals surface area contributed by atoms with Crippen LogP contribution < -0.4 is 10.6 Å². The molecular formula is C10H17N3O. The molecule has 78 valence electrons. The molecule has 1 aliphatic rings. The largest absolute Gasteiger partial charge is 0.364 e. The van der Waals surface area contributed by atoms with Gasteiger partial charge in [-0.2, -0.15) is 0 Å². The van der Waals surface area contributed by atoms with Crippen LogP contribution in [0.2, 0.25) is 0 Å². The average molecular weight is 195 g/mol. The molecule has 2 N–H and O–H groups in total. The third-order valence-corrected chi connectivity index (χ3v) is 2.34. The van der Waals surface area contributed by atoms with Crippen LogP contribution in [0, 0.1) is 0 Å². The van der Waals surface area contributed by atoms with Crippen LogP contribution in [0.1, 0.15) is 25.0 Å². The molecule has 4 nitrogen and oxygen atoms in total. The Balaban J connectivity index is 1.43. The molecule has 4 heteroatoms. The summed E-state index contributed by atoms with van der Waals surface area (Å²) in [6.45, 7) is 2.96. The van der Waals surface area contributed by atoms with Gasteiger partial charge in [-0.05, 0) is 32.4 Å². The Hall–Kier alpha value is -0.870. The number of aromatic nitrogens is 1. The second-order valence-electron chi connectivity index (χ2n) is 3.75. The topological polar surface area (TPSA) is 50.1 Å². The number of nitrogens with one attached hydrogen (secondary N) is 2. The zero-order chi connectivity index (χ0) is 9.64. The molecule has 0 aliphatic heterocycles. The van der Waals surface area contributed by atoms with Crippen LogP contribution in [0.3, 0.4) is 0 Å². The van der Waals surface area contributed by atoms with Gasteiger partial charge in [0.05, 0.1) is 5.69 Å². The van der Waals surface area contributed by atoms with Crippen molar-refractivity contribution in [2.24, 2.45) is 0 Å². The Bertz CT molecular complexity index is 244. The fraction of sp³-hybridized carbons (Fsp3) is 0.700. The van der Waals surface area contributed by atoms with E-state index in [1.807, 2.05) is 6.07 Å². The molecule has 2 rings (SSSR count). The van der Waals surface area contributed by atoms with E-state index in [1.165, 1.54) is 19.3 Å². The summed E-state index contributed by atoms with van der Waals surface area (Å²) in [4.78, 5) is 0. The number of nitrogens with zero attached hydrogens (tertiary/aromatic N) is 1. The van der Waals surface area contributed by atoms with E-state index in [4.69, 9.17) is 4.52 Å². The van der Waals surface area contributed by atoms with Gasteiger partial charge in [-0.1, -0.05) is 5.16 Å². The van der Waals surface area contributed by atoms with Gasteiger partial charge in [0.2, 0.25) is 0 Å². The smallest absolute Gasteiger partial charge is 0.124 e. The summed E-state index contributed by atoms with van der Waals surface area (Å²) in [5, 5.41) is 10.6. The highest BCUT2D eigenvalue weighted by Gasteiger charge is 2.19. The molecule has 1 heterocycles. The SMILES string of the molecule is c1cc(CNCCCNC2CC2)no1. The molecule has 0 amide bonds. The first-order valence-electron chi connectivity index (χ1n) is 5.28. The van der Waals surface area contributed by atoms with Crippen LogP contribution in [-0.2, 0) is 6.54 Å². The van der Waals surface area contributed by atoms with E-state index in [-0.39, 0.29) is 0 Å². The summed E-state index contributed by atoms with van der Waals surface area (Å²) in [6, 6.07) is 2.71. The number of hydrogen-bond donors (Lipinski definition) is 2. The lowest BCUT2D eigenvalue weighted by Crippen LogP contribution is -2.23. The molecular weight excluding hydrogens is 178 g/mol. The first-order valence-corrected chi connectivity index (χ1v) is 5.28. The monoisotopic (exact) mass is 195 g/mol. The van der Waals surface area contributed by atoms with Crippen molar-refractivity contribution in [3.63, 3.8) is 0 Å². The molecule has 1 saturated carbocycles. The van der Waals surface area contributed by atoms with E-state index >= 15 is 0 Å². The maximum atomic E-state index is 4.73. The van der Waals surface area contributed by atoms with E-state index in [9.17, 15) is 0 Å². The maximum absolute atomic E-state index is 4.73. The van der Waals surface area contributed by atoms with Gasteiger partial charge in [-0.25, -0.2) is 0 Å². The Labute approximate surface area is 84.0 Å². The number of rotatable bonds is 7. The second-order valence-corrected chi connectivity index (χ2v) is 3.75. The van der Waals surface area contributed by atoms with Gasteiger partial charge in [0.1, 0.15) is 6.26 Å². The standard InChI is InChI=1S/C10H17N3O/c1(6-12-9-2-3-9)5-11-8-10-4-7-14-13-10/h4,7,9,11-12H,1-3,5-6,8H2. The van der Waals surface area contributed by atoms with Crippen LogP contribution in [-0.4, -0.2) is 24.3 Å². The summed E-state index contributed by atoms with van der Waals surface area (Å²) < 4.78 is 4.73. The molecule has 1 aliphatic carbocycles. The highest BCUT2D eigenvalue weighted by molar-refractivity contribution is 4.94. The zero-order valence-electron chi connectivity index (χ0n) is 8.33. The van der Waals surface area contributed by atoms with Gasteiger partial charge in [0.15, 0.2) is 0 Å². The Morgan fingerprint density at radius 2 is 2.36 bits per heavy atom. The second kappa shape index (κ2) is 5.12. The van der Waals surface area contributed by atoms with Crippen LogP contribution in [0.5, 0.6) is 0 Å². The van der Waals surface area contributed by atoms with Gasteiger partial charge >= 0.3 is 0 Å². The molecule has 1 fully saturated rings. The molecule has 0 unspecified atom stereocenters. The van der Waals surface area contributed by atoms with Crippen molar-refractivity contribution in [3.8, 4) is 0 Å². The molecule has 0 radical (unpaired) electrons. The van der Waals surface area contributed by atoms with E-state index in [0.717, 1.165) is 31.4 Å². The lowest BCUT2D eigenvalue weighted by molar-refractivity contribution is 0.408. The summed E-state index contributed by atoms with van der Waals surface area (Å²) in [5.74, 6) is 0. The van der Waals surface area contributed by atoms with Crippen LogP contribution >= 0.6 is 0 Å². The quantitative estimate of drug-likeness (QED) is 0.635. The molecule has 0 bridgehead atoms. The van der Waals surface area contributed by atoms with E-state index in [1.54, 1.807) is 6.26 Å². The van der Waals surface area contributed by atoms with Crippen LogP contribution in [0.15, 0.2) is 16.9 Å². The third kappa shape index (κ3) is 3.47. The fourth-order valence-corrected chi connectivity index (χ4v) is 1.35. The summed E-state index contributed by atoms with van der Waals surface area (Å²) >= 11 is 0. The molecule has 14 heavy (non-hydrogen) atoms. The minimum absolute atomic E-state index is 0.805. The predicted octanol–water partition coefficient (Wildman–Crippen LogP) is 0.906. The molecule has 1 aromatic heterocycles. The van der Waals surface area contributed by atoms with Crippen molar-refractivity contribution in [1.29, 1.82) is 0 Å². The summed E-state index contributed by atoms with van der Waals surface area (Å²) in [6.07, 6.45) is 5.51. The molecule has 0 saturated heterocycles. The molecule has 0 spiro atoms. The van der Waals surface area contributed by atoms with Crippen LogP contribution in [0.4, 0.5) is 0 Å². The first-order chi connectivity index (χ1) is 6.95. The van der Waals surface area contributed by atoms with Gasteiger partial charge in [-0.15, -0.1) is 0 Å². The highest BCUT2D eigenvalue weighted by Crippen LogP contribution is 2.18. The average Bonchev–Trinajstić information content (AvgIpc) is 2.87.